The summed E-state index contributed by atoms with van der Waals surface area (Å²) >= 11 is 0. The second-order valence-corrected chi connectivity index (χ2v) is 9.72. The average molecular weight is 506 g/mol. The van der Waals surface area contributed by atoms with Gasteiger partial charge in [-0.1, -0.05) is 6.42 Å². The van der Waals surface area contributed by atoms with Crippen molar-refractivity contribution in [1.29, 1.82) is 0 Å². The molecule has 1 spiro atoms. The quantitative estimate of drug-likeness (QED) is 0.356. The van der Waals surface area contributed by atoms with Gasteiger partial charge in [0.25, 0.3) is 0 Å². The Bertz CT molecular complexity index is 557. The van der Waals surface area contributed by atoms with Gasteiger partial charge in [-0.3, -0.25) is 4.99 Å². The molecule has 1 N–H and O–H groups in total. The van der Waals surface area contributed by atoms with E-state index >= 15 is 0 Å². The van der Waals surface area contributed by atoms with Gasteiger partial charge >= 0.3 is 6.09 Å². The summed E-state index contributed by atoms with van der Waals surface area (Å²) < 4.78 is 5.53. The summed E-state index contributed by atoms with van der Waals surface area (Å²) in [5.41, 5.74) is 0.167. The van der Waals surface area contributed by atoms with Crippen molar-refractivity contribution >= 4 is 36.0 Å². The molecule has 3 aliphatic rings. The van der Waals surface area contributed by atoms with Crippen molar-refractivity contribution in [3.05, 3.63) is 0 Å². The highest BCUT2D eigenvalue weighted by atomic mass is 127. The van der Waals surface area contributed by atoms with Crippen LogP contribution in [0.1, 0.15) is 65.7 Å². The lowest BCUT2D eigenvalue weighted by atomic mass is 9.68. The summed E-state index contributed by atoms with van der Waals surface area (Å²) in [6, 6.07) is 0. The van der Waals surface area contributed by atoms with Crippen molar-refractivity contribution in [3.8, 4) is 0 Å². The molecular weight excluding hydrogens is 467 g/mol. The first-order valence-corrected chi connectivity index (χ1v) is 10.7. The SMILES string of the molecule is CN=C(NCCC1CCCN(C(=O)OC(C)(C)C)C1)N1CCC2(CCC2)C1.I. The van der Waals surface area contributed by atoms with Crippen LogP contribution in [0.25, 0.3) is 0 Å². The van der Waals surface area contributed by atoms with E-state index in [0.29, 0.717) is 11.3 Å². The van der Waals surface area contributed by atoms with Crippen LogP contribution in [0.15, 0.2) is 4.99 Å². The minimum Gasteiger partial charge on any atom is -0.444 e. The molecule has 0 aromatic carbocycles. The van der Waals surface area contributed by atoms with Gasteiger partial charge in [0, 0.05) is 39.8 Å². The Kier molecular flexibility index (Phi) is 8.28. The molecule has 1 unspecified atom stereocenters. The van der Waals surface area contributed by atoms with Crippen LogP contribution in [0.2, 0.25) is 0 Å². The van der Waals surface area contributed by atoms with E-state index in [1.54, 1.807) is 0 Å². The topological polar surface area (TPSA) is 57.2 Å². The number of rotatable bonds is 3. The molecule has 3 rings (SSSR count). The smallest absolute Gasteiger partial charge is 0.410 e. The third-order valence-corrected chi connectivity index (χ3v) is 6.37. The van der Waals surface area contributed by atoms with Gasteiger partial charge in [0.05, 0.1) is 0 Å². The van der Waals surface area contributed by atoms with Crippen LogP contribution >= 0.6 is 24.0 Å². The Morgan fingerprint density at radius 2 is 1.93 bits per heavy atom. The number of hydrogen-bond acceptors (Lipinski definition) is 3. The predicted molar refractivity (Wildman–Crippen MR) is 124 cm³/mol. The van der Waals surface area contributed by atoms with Crippen LogP contribution in [-0.4, -0.2) is 67.2 Å². The van der Waals surface area contributed by atoms with Crippen molar-refractivity contribution in [3.63, 3.8) is 0 Å². The van der Waals surface area contributed by atoms with E-state index in [1.807, 2.05) is 32.7 Å². The maximum absolute atomic E-state index is 12.3. The molecule has 162 valence electrons. The minimum atomic E-state index is -0.425. The number of nitrogens with zero attached hydrogens (tertiary/aromatic N) is 3. The van der Waals surface area contributed by atoms with Crippen LogP contribution in [-0.2, 0) is 4.74 Å². The lowest BCUT2D eigenvalue weighted by Crippen LogP contribution is -2.45. The summed E-state index contributed by atoms with van der Waals surface area (Å²) in [5.74, 6) is 1.59. The molecule has 7 heteroatoms. The molecule has 0 bridgehead atoms. The molecule has 1 aliphatic carbocycles. The van der Waals surface area contributed by atoms with Gasteiger partial charge in [-0.2, -0.15) is 0 Å². The van der Waals surface area contributed by atoms with E-state index in [1.165, 1.54) is 38.6 Å². The first-order chi connectivity index (χ1) is 12.8. The molecule has 2 heterocycles. The molecule has 0 radical (unpaired) electrons. The number of likely N-dealkylation sites (tertiary alicyclic amines) is 2. The fourth-order valence-electron chi connectivity index (χ4n) is 4.71. The largest absolute Gasteiger partial charge is 0.444 e. The summed E-state index contributed by atoms with van der Waals surface area (Å²) in [7, 11) is 1.89. The van der Waals surface area contributed by atoms with Crippen LogP contribution in [0.4, 0.5) is 4.79 Å². The summed E-state index contributed by atoms with van der Waals surface area (Å²) in [4.78, 5) is 21.1. The Balaban J connectivity index is 0.00000280. The van der Waals surface area contributed by atoms with Crippen LogP contribution in [0, 0.1) is 11.3 Å². The molecular formula is C21H39IN4O2. The predicted octanol–water partition coefficient (Wildman–Crippen LogP) is 4.09. The maximum atomic E-state index is 12.3. The number of amides is 1. The lowest BCUT2D eigenvalue weighted by Gasteiger charge is -2.38. The van der Waals surface area contributed by atoms with Crippen molar-refractivity contribution in [2.75, 3.05) is 39.8 Å². The second kappa shape index (κ2) is 9.85. The number of carbonyl (C=O) groups excluding carboxylic acids is 1. The number of nitrogens with one attached hydrogen (secondary N) is 1. The number of guanidine groups is 1. The van der Waals surface area contributed by atoms with Crippen molar-refractivity contribution in [2.45, 2.75) is 71.3 Å². The number of hydrogen-bond donors (Lipinski definition) is 1. The molecule has 1 saturated carbocycles. The number of halogens is 1. The normalized spacial score (nSPS) is 24.6. The first kappa shape index (κ1) is 23.5. The molecule has 1 atom stereocenters. The Hall–Kier alpha value is -0.730. The van der Waals surface area contributed by atoms with Crippen molar-refractivity contribution in [1.82, 2.24) is 15.1 Å². The van der Waals surface area contributed by atoms with Gasteiger partial charge in [-0.25, -0.2) is 4.79 Å². The zero-order chi connectivity index (χ0) is 19.5. The monoisotopic (exact) mass is 506 g/mol. The molecule has 2 aliphatic heterocycles. The van der Waals surface area contributed by atoms with Crippen LogP contribution < -0.4 is 5.32 Å². The third-order valence-electron chi connectivity index (χ3n) is 6.37. The Morgan fingerprint density at radius 1 is 1.18 bits per heavy atom. The zero-order valence-electron chi connectivity index (χ0n) is 18.1. The highest BCUT2D eigenvalue weighted by molar-refractivity contribution is 14.0. The molecule has 6 nitrogen and oxygen atoms in total. The summed E-state index contributed by atoms with van der Waals surface area (Å²) in [5, 5.41) is 3.57. The van der Waals surface area contributed by atoms with Gasteiger partial charge in [0.2, 0.25) is 0 Å². The van der Waals surface area contributed by atoms with E-state index < -0.39 is 5.60 Å². The fraction of sp³-hybridized carbons (Fsp3) is 0.905. The van der Waals surface area contributed by atoms with Gasteiger partial charge < -0.3 is 19.9 Å². The molecule has 0 aromatic rings. The minimum absolute atomic E-state index is 0. The standard InChI is InChI=1S/C21H38N4O2.HI/c1-20(2,3)27-19(26)24-13-5-7-17(15-24)8-12-23-18(22-4)25-14-11-21(16-25)9-6-10-21;/h17H,5-16H2,1-4H3,(H,22,23);1H. The number of aliphatic imine (C=N–C) groups is 1. The van der Waals surface area contributed by atoms with Crippen molar-refractivity contribution < 1.29 is 9.53 Å². The van der Waals surface area contributed by atoms with Crippen molar-refractivity contribution in [2.24, 2.45) is 16.3 Å². The fourth-order valence-corrected chi connectivity index (χ4v) is 4.71. The maximum Gasteiger partial charge on any atom is 0.410 e. The third kappa shape index (κ3) is 6.13. The van der Waals surface area contributed by atoms with Crippen LogP contribution in [0.5, 0.6) is 0 Å². The molecule has 28 heavy (non-hydrogen) atoms. The molecule has 3 fully saturated rings. The molecule has 1 amide bonds. The molecule has 0 aromatic heterocycles. The van der Waals surface area contributed by atoms with Gasteiger partial charge in [0.15, 0.2) is 5.96 Å². The van der Waals surface area contributed by atoms with Crippen LogP contribution in [0.3, 0.4) is 0 Å². The lowest BCUT2D eigenvalue weighted by molar-refractivity contribution is 0.0162. The van der Waals surface area contributed by atoms with Gasteiger partial charge in [-0.15, -0.1) is 24.0 Å². The van der Waals surface area contributed by atoms with E-state index in [-0.39, 0.29) is 30.1 Å². The number of carbonyl (C=O) groups is 1. The zero-order valence-corrected chi connectivity index (χ0v) is 20.5. The molecule has 2 saturated heterocycles. The van der Waals surface area contributed by atoms with E-state index in [9.17, 15) is 4.79 Å². The van der Waals surface area contributed by atoms with E-state index in [4.69, 9.17) is 4.74 Å². The summed E-state index contributed by atoms with van der Waals surface area (Å²) in [6.45, 7) is 10.6. The highest BCUT2D eigenvalue weighted by Gasteiger charge is 2.43. The summed E-state index contributed by atoms with van der Waals surface area (Å²) in [6.07, 6.45) is 8.65. The van der Waals surface area contributed by atoms with Gasteiger partial charge in [0.1, 0.15) is 5.60 Å². The average Bonchev–Trinajstić information content (AvgIpc) is 3.03. The second-order valence-electron chi connectivity index (χ2n) is 9.72. The first-order valence-electron chi connectivity index (χ1n) is 10.7. The van der Waals surface area contributed by atoms with E-state index in [0.717, 1.165) is 45.0 Å². The van der Waals surface area contributed by atoms with Gasteiger partial charge in [-0.05, 0) is 70.6 Å². The highest BCUT2D eigenvalue weighted by Crippen LogP contribution is 2.47. The number of ether oxygens (including phenoxy) is 1. The number of piperidine rings is 1. The Morgan fingerprint density at radius 3 is 2.50 bits per heavy atom. The Labute approximate surface area is 187 Å². The van der Waals surface area contributed by atoms with E-state index in [2.05, 4.69) is 15.2 Å².